The van der Waals surface area contributed by atoms with E-state index in [4.69, 9.17) is 4.74 Å². The number of esters is 1. The van der Waals surface area contributed by atoms with Crippen LogP contribution in [0, 0.1) is 0 Å². The summed E-state index contributed by atoms with van der Waals surface area (Å²) in [5.41, 5.74) is 0. The Morgan fingerprint density at radius 3 is 3.14 bits per heavy atom. The minimum absolute atomic E-state index is 0.229. The van der Waals surface area contributed by atoms with Crippen LogP contribution >= 0.6 is 11.8 Å². The van der Waals surface area contributed by atoms with E-state index < -0.39 is 0 Å². The lowest BCUT2D eigenvalue weighted by atomic mass is 10.2. The van der Waals surface area contributed by atoms with E-state index in [-0.39, 0.29) is 11.7 Å². The summed E-state index contributed by atoms with van der Waals surface area (Å²) >= 11 is 1.31. The lowest BCUT2D eigenvalue weighted by Crippen LogP contribution is -2.09. The lowest BCUT2D eigenvalue weighted by Gasteiger charge is -2.16. The number of rotatable bonds is 4. The monoisotopic (exact) mass is 216 g/mol. The quantitative estimate of drug-likeness (QED) is 0.520. The molecule has 4 nitrogen and oxygen atoms in total. The average molecular weight is 216 g/mol. The van der Waals surface area contributed by atoms with Gasteiger partial charge >= 0.3 is 5.97 Å². The summed E-state index contributed by atoms with van der Waals surface area (Å²) in [6.07, 6.45) is 2.38. The molecule has 0 aliphatic carbocycles. The maximum absolute atomic E-state index is 10.9. The Bertz CT molecular complexity index is 260. The van der Waals surface area contributed by atoms with Crippen LogP contribution in [-0.2, 0) is 19.1 Å². The number of hydrogen-bond acceptors (Lipinski definition) is 5. The molecule has 5 heteroatoms. The van der Waals surface area contributed by atoms with Crippen molar-refractivity contribution in [1.29, 1.82) is 0 Å². The van der Waals surface area contributed by atoms with Gasteiger partial charge in [-0.05, 0) is 12.8 Å². The number of allylic oxidation sites excluding steroid dienone is 2. The number of thioether (sulfide) groups is 1. The van der Waals surface area contributed by atoms with Crippen LogP contribution in [0.3, 0.4) is 0 Å². The molecule has 78 valence electrons. The van der Waals surface area contributed by atoms with Crippen LogP contribution in [-0.4, -0.2) is 31.7 Å². The van der Waals surface area contributed by atoms with Gasteiger partial charge in [-0.2, -0.15) is 0 Å². The summed E-state index contributed by atoms with van der Waals surface area (Å²) < 4.78 is 9.64. The van der Waals surface area contributed by atoms with Crippen molar-refractivity contribution < 1.29 is 19.1 Å². The summed E-state index contributed by atoms with van der Waals surface area (Å²) in [5.74, 6) is 0.301. The van der Waals surface area contributed by atoms with E-state index >= 15 is 0 Å². The largest absolute Gasteiger partial charge is 0.489 e. The van der Waals surface area contributed by atoms with Crippen molar-refractivity contribution in [2.75, 3.05) is 19.5 Å². The molecule has 14 heavy (non-hydrogen) atoms. The first-order valence-corrected chi connectivity index (χ1v) is 5.27. The fourth-order valence-corrected chi connectivity index (χ4v) is 2.01. The van der Waals surface area contributed by atoms with Gasteiger partial charge in [0.1, 0.15) is 0 Å². The zero-order chi connectivity index (χ0) is 10.4. The van der Waals surface area contributed by atoms with Crippen LogP contribution in [0.2, 0.25) is 0 Å². The van der Waals surface area contributed by atoms with Crippen LogP contribution in [0.25, 0.3) is 0 Å². The molecule has 0 aromatic carbocycles. The molecule has 0 aromatic rings. The predicted octanol–water partition coefficient (Wildman–Crippen LogP) is 1.11. The molecule has 0 fully saturated rings. The summed E-state index contributed by atoms with van der Waals surface area (Å²) in [7, 11) is 1.34. The molecule has 0 saturated heterocycles. The maximum atomic E-state index is 10.9. The van der Waals surface area contributed by atoms with Crippen LogP contribution < -0.4 is 0 Å². The van der Waals surface area contributed by atoms with Gasteiger partial charge in [0.25, 0.3) is 0 Å². The highest BCUT2D eigenvalue weighted by Crippen LogP contribution is 2.28. The van der Waals surface area contributed by atoms with Gasteiger partial charge in [-0.3, -0.25) is 9.59 Å². The number of methoxy groups -OCH3 is 1. The van der Waals surface area contributed by atoms with Gasteiger partial charge in [0.2, 0.25) is 0 Å². The van der Waals surface area contributed by atoms with Gasteiger partial charge in [-0.25, -0.2) is 0 Å². The van der Waals surface area contributed by atoms with Crippen molar-refractivity contribution >= 4 is 24.0 Å². The highest BCUT2D eigenvalue weighted by atomic mass is 32.2. The van der Waals surface area contributed by atoms with Crippen molar-refractivity contribution in [3.05, 3.63) is 10.7 Å². The molecule has 0 aromatic heterocycles. The summed E-state index contributed by atoms with van der Waals surface area (Å²) in [4.78, 5) is 22.3. The Hall–Kier alpha value is -0.970. The van der Waals surface area contributed by atoms with E-state index in [0.717, 1.165) is 17.7 Å². The second kappa shape index (κ2) is 5.70. The maximum Gasteiger partial charge on any atom is 0.315 e. The first-order valence-electron chi connectivity index (χ1n) is 4.28. The van der Waals surface area contributed by atoms with Crippen molar-refractivity contribution in [2.45, 2.75) is 12.8 Å². The molecule has 0 radical (unpaired) electrons. The van der Waals surface area contributed by atoms with Crippen molar-refractivity contribution in [3.8, 4) is 0 Å². The third-order valence-electron chi connectivity index (χ3n) is 1.78. The fraction of sp³-hybridized carbons (Fsp3) is 0.556. The van der Waals surface area contributed by atoms with Crippen molar-refractivity contribution in [2.24, 2.45) is 0 Å². The SMILES string of the molecule is COC(=O)CSC1=C(C=O)OCCC1. The van der Waals surface area contributed by atoms with Crippen molar-refractivity contribution in [1.82, 2.24) is 0 Å². The number of hydrogen-bond donors (Lipinski definition) is 0. The van der Waals surface area contributed by atoms with Crippen LogP contribution in [0.5, 0.6) is 0 Å². The molecule has 0 saturated carbocycles. The Labute approximate surface area is 86.6 Å². The molecule has 1 rings (SSSR count). The van der Waals surface area contributed by atoms with Crippen molar-refractivity contribution in [3.63, 3.8) is 0 Å². The highest BCUT2D eigenvalue weighted by molar-refractivity contribution is 8.03. The predicted molar refractivity (Wildman–Crippen MR) is 52.8 cm³/mol. The molecule has 1 aliphatic heterocycles. The van der Waals surface area contributed by atoms with Gasteiger partial charge in [-0.15, -0.1) is 11.8 Å². The van der Waals surface area contributed by atoms with Crippen LogP contribution in [0.4, 0.5) is 0 Å². The number of carbonyl (C=O) groups is 2. The van der Waals surface area contributed by atoms with E-state index in [1.165, 1.54) is 18.9 Å². The smallest absolute Gasteiger partial charge is 0.315 e. The molecule has 0 N–H and O–H groups in total. The zero-order valence-electron chi connectivity index (χ0n) is 7.95. The van der Waals surface area contributed by atoms with Gasteiger partial charge < -0.3 is 9.47 Å². The van der Waals surface area contributed by atoms with E-state index in [9.17, 15) is 9.59 Å². The lowest BCUT2D eigenvalue weighted by molar-refractivity contribution is -0.137. The van der Waals surface area contributed by atoms with Gasteiger partial charge in [0, 0.05) is 4.91 Å². The van der Waals surface area contributed by atoms with E-state index in [1.807, 2.05) is 0 Å². The second-order valence-electron chi connectivity index (χ2n) is 2.72. The third kappa shape index (κ3) is 3.06. The minimum atomic E-state index is -0.293. The average Bonchev–Trinajstić information content (AvgIpc) is 2.26. The van der Waals surface area contributed by atoms with Crippen LogP contribution in [0.15, 0.2) is 10.7 Å². The second-order valence-corrected chi connectivity index (χ2v) is 3.79. The molecule has 1 heterocycles. The van der Waals surface area contributed by atoms with E-state index in [2.05, 4.69) is 4.74 Å². The minimum Gasteiger partial charge on any atom is -0.489 e. The highest BCUT2D eigenvalue weighted by Gasteiger charge is 2.15. The normalized spacial score (nSPS) is 16.1. The molecule has 0 bridgehead atoms. The first-order chi connectivity index (χ1) is 6.77. The summed E-state index contributed by atoms with van der Waals surface area (Å²) in [6, 6.07) is 0. The van der Waals surface area contributed by atoms with E-state index in [1.54, 1.807) is 0 Å². The van der Waals surface area contributed by atoms with Crippen LogP contribution in [0.1, 0.15) is 12.8 Å². The molecule has 0 amide bonds. The van der Waals surface area contributed by atoms with Gasteiger partial charge in [-0.1, -0.05) is 0 Å². The summed E-state index contributed by atoms with van der Waals surface area (Å²) in [6.45, 7) is 0.580. The van der Waals surface area contributed by atoms with E-state index in [0.29, 0.717) is 18.7 Å². The Morgan fingerprint density at radius 2 is 2.50 bits per heavy atom. The first kappa shape index (κ1) is 11.1. The molecule has 0 atom stereocenters. The molecule has 0 spiro atoms. The Morgan fingerprint density at radius 1 is 1.71 bits per heavy atom. The standard InChI is InChI=1S/C9H12O4S/c1-12-9(11)6-14-8-3-2-4-13-7(8)5-10/h5H,2-4,6H2,1H3. The Kier molecular flexibility index (Phi) is 4.52. The number of carbonyl (C=O) groups excluding carboxylic acids is 2. The summed E-state index contributed by atoms with van der Waals surface area (Å²) in [5, 5.41) is 0. The van der Waals surface area contributed by atoms with Gasteiger partial charge in [0.15, 0.2) is 12.0 Å². The fourth-order valence-electron chi connectivity index (χ4n) is 1.07. The number of aldehydes is 1. The Balaban J connectivity index is 2.51. The number of ether oxygens (including phenoxy) is 2. The molecular formula is C9H12O4S. The topological polar surface area (TPSA) is 52.6 Å². The molecular weight excluding hydrogens is 204 g/mol. The third-order valence-corrected chi connectivity index (χ3v) is 2.91. The molecule has 1 aliphatic rings. The zero-order valence-corrected chi connectivity index (χ0v) is 8.76. The molecule has 0 unspecified atom stereocenters. The van der Waals surface area contributed by atoms with Gasteiger partial charge in [0.05, 0.1) is 19.5 Å².